The number of amides is 2. The molecule has 2 aromatic rings. The molecule has 24 heavy (non-hydrogen) atoms. The lowest BCUT2D eigenvalue weighted by atomic mass is 10.0. The van der Waals surface area contributed by atoms with Crippen molar-refractivity contribution in [2.45, 2.75) is 12.5 Å². The Kier molecular flexibility index (Phi) is 4.07. The fraction of sp³-hybridized carbons (Fsp3) is 0.176. The lowest BCUT2D eigenvalue weighted by Crippen LogP contribution is -2.56. The van der Waals surface area contributed by atoms with Crippen molar-refractivity contribution < 1.29 is 19.1 Å². The van der Waals surface area contributed by atoms with Crippen molar-refractivity contribution in [2.24, 2.45) is 0 Å². The molecular formula is C17H15ClN2O4. The number of carbonyl (C=O) groups is 2. The Labute approximate surface area is 143 Å². The van der Waals surface area contributed by atoms with Gasteiger partial charge >= 0.3 is 0 Å². The van der Waals surface area contributed by atoms with E-state index in [1.54, 1.807) is 42.5 Å². The first kappa shape index (κ1) is 16.1. The molecule has 0 saturated carbocycles. The highest BCUT2D eigenvalue weighted by molar-refractivity contribution is 6.31. The summed E-state index contributed by atoms with van der Waals surface area (Å²) in [7, 11) is 1.50. The summed E-state index contributed by atoms with van der Waals surface area (Å²) in [6, 6.07) is 11.7. The van der Waals surface area contributed by atoms with Gasteiger partial charge in [0.05, 0.1) is 18.5 Å². The van der Waals surface area contributed by atoms with E-state index in [4.69, 9.17) is 21.1 Å². The molecule has 1 aliphatic heterocycles. The van der Waals surface area contributed by atoms with Gasteiger partial charge in [0.2, 0.25) is 0 Å². The van der Waals surface area contributed by atoms with Crippen molar-refractivity contribution in [3.8, 4) is 11.5 Å². The molecule has 0 fully saturated rings. The third-order valence-corrected chi connectivity index (χ3v) is 3.96. The van der Waals surface area contributed by atoms with Crippen LogP contribution < -0.4 is 20.1 Å². The van der Waals surface area contributed by atoms with E-state index >= 15 is 0 Å². The number of hydrogen-bond donors (Lipinski definition) is 2. The van der Waals surface area contributed by atoms with Gasteiger partial charge in [-0.15, -0.1) is 0 Å². The number of nitrogens with one attached hydrogen (secondary N) is 2. The molecule has 0 spiro atoms. The quantitative estimate of drug-likeness (QED) is 0.837. The van der Waals surface area contributed by atoms with E-state index in [1.165, 1.54) is 14.0 Å². The van der Waals surface area contributed by atoms with Crippen molar-refractivity contribution in [3.05, 3.63) is 47.5 Å². The molecule has 0 bridgehead atoms. The number of hydrogen-bond acceptors (Lipinski definition) is 4. The molecule has 0 saturated heterocycles. The molecule has 0 radical (unpaired) electrons. The summed E-state index contributed by atoms with van der Waals surface area (Å²) in [4.78, 5) is 25.1. The monoisotopic (exact) mass is 346 g/mol. The third-order valence-electron chi connectivity index (χ3n) is 3.73. The highest BCUT2D eigenvalue weighted by atomic mass is 35.5. The van der Waals surface area contributed by atoms with Crippen LogP contribution >= 0.6 is 11.6 Å². The van der Waals surface area contributed by atoms with E-state index in [1.807, 2.05) is 0 Å². The number of anilines is 2. The van der Waals surface area contributed by atoms with Crippen LogP contribution in [0.25, 0.3) is 0 Å². The zero-order valence-electron chi connectivity index (χ0n) is 13.1. The molecule has 6 nitrogen and oxygen atoms in total. The third kappa shape index (κ3) is 2.76. The second-order valence-electron chi connectivity index (χ2n) is 5.38. The Morgan fingerprint density at radius 2 is 2.04 bits per heavy atom. The number of rotatable bonds is 3. The summed E-state index contributed by atoms with van der Waals surface area (Å²) in [5.41, 5.74) is -0.846. The largest absolute Gasteiger partial charge is 0.495 e. The van der Waals surface area contributed by atoms with E-state index in [0.717, 1.165) is 0 Å². The first-order valence-corrected chi connectivity index (χ1v) is 7.56. The molecule has 7 heteroatoms. The molecule has 2 amide bonds. The average molecular weight is 347 g/mol. The molecule has 0 aliphatic carbocycles. The van der Waals surface area contributed by atoms with Crippen LogP contribution in [0, 0.1) is 0 Å². The zero-order chi connectivity index (χ0) is 17.3. The number of benzene rings is 2. The van der Waals surface area contributed by atoms with Crippen molar-refractivity contribution in [1.82, 2.24) is 0 Å². The van der Waals surface area contributed by atoms with Gasteiger partial charge in [0.15, 0.2) is 0 Å². The SMILES string of the molecule is COc1ccccc1NC(=O)[C@@]1(C)Oc2ccc(Cl)cc2NC1=O. The lowest BCUT2D eigenvalue weighted by molar-refractivity contribution is -0.143. The van der Waals surface area contributed by atoms with Crippen LogP contribution in [-0.4, -0.2) is 24.5 Å². The number of para-hydroxylation sites is 2. The molecular weight excluding hydrogens is 332 g/mol. The number of methoxy groups -OCH3 is 1. The maximum absolute atomic E-state index is 12.7. The number of halogens is 1. The van der Waals surface area contributed by atoms with Gasteiger partial charge in [-0.05, 0) is 37.3 Å². The lowest BCUT2D eigenvalue weighted by Gasteiger charge is -2.33. The van der Waals surface area contributed by atoms with E-state index in [2.05, 4.69) is 10.6 Å². The van der Waals surface area contributed by atoms with Crippen molar-refractivity contribution in [2.75, 3.05) is 17.7 Å². The van der Waals surface area contributed by atoms with E-state index in [9.17, 15) is 9.59 Å². The predicted octanol–water partition coefficient (Wildman–Crippen LogP) is 3.08. The van der Waals surface area contributed by atoms with Crippen LogP contribution in [0.1, 0.15) is 6.92 Å². The van der Waals surface area contributed by atoms with E-state index < -0.39 is 17.4 Å². The Balaban J connectivity index is 1.89. The van der Waals surface area contributed by atoms with Gasteiger partial charge in [-0.3, -0.25) is 9.59 Å². The Morgan fingerprint density at radius 1 is 1.29 bits per heavy atom. The summed E-state index contributed by atoms with van der Waals surface area (Å²) in [5.74, 6) is -0.329. The van der Waals surface area contributed by atoms with Crippen molar-refractivity contribution >= 4 is 34.8 Å². The molecule has 2 N–H and O–H groups in total. The minimum Gasteiger partial charge on any atom is -0.495 e. The highest BCUT2D eigenvalue weighted by Crippen LogP contribution is 2.36. The standard InChI is InChI=1S/C17H15ClN2O4/c1-17(15(21)19-11-5-3-4-6-13(11)23-2)16(22)20-12-9-10(18)7-8-14(12)24-17/h3-9H,1-2H3,(H,19,21)(H,20,22)/t17-/m1/s1. The Bertz CT molecular complexity index is 824. The van der Waals surface area contributed by atoms with Gasteiger partial charge < -0.3 is 20.1 Å². The van der Waals surface area contributed by atoms with Crippen LogP contribution in [0.4, 0.5) is 11.4 Å². The zero-order valence-corrected chi connectivity index (χ0v) is 13.8. The molecule has 3 rings (SSSR count). The van der Waals surface area contributed by atoms with Crippen LogP contribution in [0.5, 0.6) is 11.5 Å². The minimum atomic E-state index is -1.72. The summed E-state index contributed by atoms with van der Waals surface area (Å²) >= 11 is 5.90. The second kappa shape index (κ2) is 6.05. The molecule has 1 aliphatic rings. The highest BCUT2D eigenvalue weighted by Gasteiger charge is 2.47. The Morgan fingerprint density at radius 3 is 2.79 bits per heavy atom. The van der Waals surface area contributed by atoms with Gasteiger partial charge in [0, 0.05) is 5.02 Å². The summed E-state index contributed by atoms with van der Waals surface area (Å²) in [6.45, 7) is 1.41. The van der Waals surface area contributed by atoms with Crippen molar-refractivity contribution in [3.63, 3.8) is 0 Å². The molecule has 124 valence electrons. The summed E-state index contributed by atoms with van der Waals surface area (Å²) in [5, 5.41) is 5.77. The van der Waals surface area contributed by atoms with Gasteiger partial charge in [0.25, 0.3) is 17.4 Å². The number of fused-ring (bicyclic) bond motifs is 1. The van der Waals surface area contributed by atoms with E-state index in [-0.39, 0.29) is 0 Å². The maximum Gasteiger partial charge on any atom is 0.278 e. The smallest absolute Gasteiger partial charge is 0.278 e. The van der Waals surface area contributed by atoms with Crippen LogP contribution in [0.15, 0.2) is 42.5 Å². The molecule has 1 atom stereocenters. The number of ether oxygens (including phenoxy) is 2. The van der Waals surface area contributed by atoms with Gasteiger partial charge in [-0.1, -0.05) is 23.7 Å². The van der Waals surface area contributed by atoms with Crippen LogP contribution in [0.3, 0.4) is 0 Å². The normalized spacial score (nSPS) is 18.9. The van der Waals surface area contributed by atoms with Crippen LogP contribution in [0.2, 0.25) is 5.02 Å². The summed E-state index contributed by atoms with van der Waals surface area (Å²) in [6.07, 6.45) is 0. The fourth-order valence-electron chi connectivity index (χ4n) is 2.34. The number of carbonyl (C=O) groups excluding carboxylic acids is 2. The van der Waals surface area contributed by atoms with Gasteiger partial charge in [0.1, 0.15) is 11.5 Å². The predicted molar refractivity (Wildman–Crippen MR) is 90.7 cm³/mol. The van der Waals surface area contributed by atoms with Crippen molar-refractivity contribution in [1.29, 1.82) is 0 Å². The van der Waals surface area contributed by atoms with Gasteiger partial charge in [-0.2, -0.15) is 0 Å². The second-order valence-corrected chi connectivity index (χ2v) is 5.82. The first-order valence-electron chi connectivity index (χ1n) is 7.18. The Hall–Kier alpha value is -2.73. The molecule has 2 aromatic carbocycles. The summed E-state index contributed by atoms with van der Waals surface area (Å²) < 4.78 is 10.9. The topological polar surface area (TPSA) is 76.7 Å². The molecule has 0 unspecified atom stereocenters. The first-order chi connectivity index (χ1) is 11.4. The fourth-order valence-corrected chi connectivity index (χ4v) is 2.51. The minimum absolute atomic E-state index is 0.372. The molecule has 0 aromatic heterocycles. The average Bonchev–Trinajstić information content (AvgIpc) is 2.56. The molecule has 1 heterocycles. The maximum atomic E-state index is 12.7. The van der Waals surface area contributed by atoms with Gasteiger partial charge in [-0.25, -0.2) is 0 Å². The van der Waals surface area contributed by atoms with E-state index in [0.29, 0.717) is 27.9 Å². The van der Waals surface area contributed by atoms with Crippen LogP contribution in [-0.2, 0) is 9.59 Å².